The molecule has 2 heterocycles. The van der Waals surface area contributed by atoms with Crippen LogP contribution in [0.1, 0.15) is 51.5 Å². The molecule has 0 saturated carbocycles. The average molecular weight is 491 g/mol. The lowest BCUT2D eigenvalue weighted by atomic mass is 9.90. The molecule has 1 aliphatic carbocycles. The van der Waals surface area contributed by atoms with Crippen LogP contribution in [0.25, 0.3) is 33.4 Å². The van der Waals surface area contributed by atoms with Crippen LogP contribution in [0.4, 0.5) is 0 Å². The molecule has 3 aliphatic rings. The number of rotatable bonds is 5. The molecule has 0 spiro atoms. The van der Waals surface area contributed by atoms with Gasteiger partial charge in [-0.15, -0.1) is 0 Å². The van der Waals surface area contributed by atoms with Gasteiger partial charge in [0.15, 0.2) is 6.29 Å². The van der Waals surface area contributed by atoms with Gasteiger partial charge in [0.1, 0.15) is 30.2 Å². The minimum atomic E-state index is -0.703. The Kier molecular flexibility index (Phi) is 8.41. The highest BCUT2D eigenvalue weighted by molar-refractivity contribution is 6.04. The number of phenolic OH excluding ortho intramolecular Hbond substituents is 1. The number of hydrogen-bond donors (Lipinski definition) is 2. The molecule has 1 saturated heterocycles. The van der Waals surface area contributed by atoms with Crippen molar-refractivity contribution in [2.45, 2.75) is 47.0 Å². The fraction of sp³-hybridized carbons (Fsp3) is 0.367. The molecule has 2 aliphatic heterocycles. The van der Waals surface area contributed by atoms with Crippen molar-refractivity contribution in [1.82, 2.24) is 4.58 Å². The van der Waals surface area contributed by atoms with Crippen molar-refractivity contribution < 1.29 is 24.1 Å². The van der Waals surface area contributed by atoms with Crippen LogP contribution in [0.3, 0.4) is 0 Å². The summed E-state index contributed by atoms with van der Waals surface area (Å²) in [6.45, 7) is 11.0. The number of aliphatic hydroxyl groups excluding tert-OH is 1. The van der Waals surface area contributed by atoms with E-state index in [1.807, 2.05) is 50.2 Å². The van der Waals surface area contributed by atoms with Crippen molar-refractivity contribution in [3.8, 4) is 28.2 Å². The topological polar surface area (TPSA) is 75.1 Å². The second-order valence-corrected chi connectivity index (χ2v) is 8.45. The van der Waals surface area contributed by atoms with Gasteiger partial charge in [-0.25, -0.2) is 4.58 Å². The predicted octanol–water partition coefficient (Wildman–Crippen LogP) is 5.68. The Labute approximate surface area is 212 Å². The lowest BCUT2D eigenvalue weighted by molar-refractivity contribution is -0.183. The molecule has 2 aromatic rings. The average Bonchev–Trinajstić information content (AvgIpc) is 2.94. The maximum absolute atomic E-state index is 10.8. The van der Waals surface area contributed by atoms with E-state index in [9.17, 15) is 10.2 Å². The number of benzene rings is 3. The summed E-state index contributed by atoms with van der Waals surface area (Å²) < 4.78 is 20.5. The van der Waals surface area contributed by atoms with Crippen LogP contribution in [0.15, 0.2) is 59.0 Å². The first-order valence-corrected chi connectivity index (χ1v) is 12.9. The SMILES string of the molecule is CC.CC[N+](CC)=c1ccc2c(-c3ccccc3CO)c3ccc(O)c(C4OCCCO4)c3oc-2c1. The van der Waals surface area contributed by atoms with Crippen molar-refractivity contribution in [2.24, 2.45) is 0 Å². The van der Waals surface area contributed by atoms with Crippen molar-refractivity contribution in [3.63, 3.8) is 0 Å². The van der Waals surface area contributed by atoms with Crippen molar-refractivity contribution in [2.75, 3.05) is 26.3 Å². The summed E-state index contributed by atoms with van der Waals surface area (Å²) in [5, 5.41) is 22.8. The van der Waals surface area contributed by atoms with E-state index in [0.29, 0.717) is 30.1 Å². The van der Waals surface area contributed by atoms with E-state index in [2.05, 4.69) is 30.6 Å². The second-order valence-electron chi connectivity index (χ2n) is 8.45. The molecule has 36 heavy (non-hydrogen) atoms. The first-order chi connectivity index (χ1) is 17.7. The highest BCUT2D eigenvalue weighted by Gasteiger charge is 2.28. The van der Waals surface area contributed by atoms with E-state index in [4.69, 9.17) is 13.9 Å². The zero-order chi connectivity index (χ0) is 25.7. The van der Waals surface area contributed by atoms with E-state index in [1.165, 1.54) is 0 Å². The molecule has 0 unspecified atom stereocenters. The molecule has 0 radical (unpaired) electrons. The second kappa shape index (κ2) is 11.7. The largest absolute Gasteiger partial charge is 0.507 e. The Bertz CT molecular complexity index is 1360. The highest BCUT2D eigenvalue weighted by atomic mass is 16.7. The smallest absolute Gasteiger partial charge is 0.203 e. The first kappa shape index (κ1) is 25.9. The number of fused-ring (bicyclic) bond motifs is 2. The third-order valence-corrected chi connectivity index (χ3v) is 6.54. The Morgan fingerprint density at radius 3 is 2.33 bits per heavy atom. The minimum absolute atomic E-state index is 0.0730. The van der Waals surface area contributed by atoms with E-state index >= 15 is 0 Å². The van der Waals surface area contributed by atoms with Gasteiger partial charge >= 0.3 is 0 Å². The molecule has 6 nitrogen and oxygen atoms in total. The van der Waals surface area contributed by atoms with Crippen molar-refractivity contribution in [1.29, 1.82) is 0 Å². The molecule has 5 rings (SSSR count). The van der Waals surface area contributed by atoms with E-state index in [-0.39, 0.29) is 12.4 Å². The van der Waals surface area contributed by atoms with Gasteiger partial charge < -0.3 is 24.1 Å². The summed E-state index contributed by atoms with van der Waals surface area (Å²) in [4.78, 5) is 0. The lowest BCUT2D eigenvalue weighted by Crippen LogP contribution is -2.29. The summed E-state index contributed by atoms with van der Waals surface area (Å²) in [5.74, 6) is 0.770. The number of nitrogens with zero attached hydrogens (tertiary/aromatic N) is 1. The Morgan fingerprint density at radius 2 is 1.64 bits per heavy atom. The quantitative estimate of drug-likeness (QED) is 0.278. The molecule has 0 amide bonds. The predicted molar refractivity (Wildman–Crippen MR) is 143 cm³/mol. The van der Waals surface area contributed by atoms with Crippen molar-refractivity contribution >= 4 is 11.0 Å². The van der Waals surface area contributed by atoms with E-state index < -0.39 is 6.29 Å². The number of aromatic hydroxyl groups is 1. The molecule has 0 atom stereocenters. The number of ether oxygens (including phenoxy) is 2. The van der Waals surface area contributed by atoms with Crippen LogP contribution in [0.5, 0.6) is 5.75 Å². The monoisotopic (exact) mass is 490 g/mol. The third-order valence-electron chi connectivity index (χ3n) is 6.54. The Hall–Kier alpha value is -3.19. The van der Waals surface area contributed by atoms with Crippen LogP contribution in [-0.4, -0.2) is 36.5 Å². The molecule has 6 heteroatoms. The standard InChI is InChI=1S/C28H29NO5.C2H6/c1-3-29(4-2)19-10-11-21-24(16-19)34-27-22(25(21)20-9-6-5-8-18(20)17-30)12-13-23(31)26(27)28-32-14-7-15-33-28;1-2/h5-6,8-13,16,28,30H,3-4,7,14-15,17H2,1-2H3;1-2H3/p+1. The van der Waals surface area contributed by atoms with Gasteiger partial charge in [0.05, 0.1) is 31.5 Å². The van der Waals surface area contributed by atoms with Crippen LogP contribution < -0.4 is 9.93 Å². The Morgan fingerprint density at radius 1 is 0.917 bits per heavy atom. The maximum atomic E-state index is 10.8. The van der Waals surface area contributed by atoms with Crippen molar-refractivity contribution in [3.05, 3.63) is 71.1 Å². The zero-order valence-corrected chi connectivity index (χ0v) is 21.6. The fourth-order valence-corrected chi connectivity index (χ4v) is 4.81. The highest BCUT2D eigenvalue weighted by Crippen LogP contribution is 2.45. The maximum Gasteiger partial charge on any atom is 0.203 e. The molecule has 2 aromatic carbocycles. The van der Waals surface area contributed by atoms with E-state index in [1.54, 1.807) is 6.07 Å². The molecule has 2 N–H and O–H groups in total. The molecular weight excluding hydrogens is 454 g/mol. The molecule has 1 fully saturated rings. The normalized spacial score (nSPS) is 14.0. The third kappa shape index (κ3) is 4.76. The van der Waals surface area contributed by atoms with Crippen LogP contribution >= 0.6 is 0 Å². The van der Waals surface area contributed by atoms with Gasteiger partial charge in [-0.05, 0) is 49.6 Å². The van der Waals surface area contributed by atoms with Gasteiger partial charge in [-0.2, -0.15) is 0 Å². The first-order valence-electron chi connectivity index (χ1n) is 12.9. The van der Waals surface area contributed by atoms with Gasteiger partial charge in [0.2, 0.25) is 5.36 Å². The van der Waals surface area contributed by atoms with Gasteiger partial charge in [0.25, 0.3) is 0 Å². The summed E-state index contributed by atoms with van der Waals surface area (Å²) >= 11 is 0. The van der Waals surface area contributed by atoms with Gasteiger partial charge in [-0.1, -0.05) is 38.1 Å². The van der Waals surface area contributed by atoms with Crippen LogP contribution in [0, 0.1) is 0 Å². The summed E-state index contributed by atoms with van der Waals surface area (Å²) in [6.07, 6.45) is 0.107. The van der Waals surface area contributed by atoms with Gasteiger partial charge in [-0.3, -0.25) is 0 Å². The molecule has 190 valence electrons. The molecule has 0 bridgehead atoms. The fourth-order valence-electron chi connectivity index (χ4n) is 4.81. The van der Waals surface area contributed by atoms with Crippen LogP contribution in [-0.2, 0) is 16.1 Å². The molecule has 0 aromatic heterocycles. The summed E-state index contributed by atoms with van der Waals surface area (Å²) in [7, 11) is 0. The Balaban J connectivity index is 0.00000148. The number of hydrogen-bond acceptors (Lipinski definition) is 5. The lowest BCUT2D eigenvalue weighted by Gasteiger charge is -2.26. The van der Waals surface area contributed by atoms with Gasteiger partial charge in [0, 0.05) is 22.6 Å². The number of aliphatic hydroxyl groups is 1. The zero-order valence-electron chi connectivity index (χ0n) is 21.6. The summed E-state index contributed by atoms with van der Waals surface area (Å²) in [5.41, 5.74) is 4.65. The molecular formula is C30H36NO5+. The van der Waals surface area contributed by atoms with E-state index in [0.717, 1.165) is 52.5 Å². The number of phenols is 1. The minimum Gasteiger partial charge on any atom is -0.507 e. The summed E-state index contributed by atoms with van der Waals surface area (Å²) in [6, 6.07) is 17.6. The van der Waals surface area contributed by atoms with Crippen LogP contribution in [0.2, 0.25) is 0 Å².